The van der Waals surface area contributed by atoms with Gasteiger partial charge in [0, 0.05) is 26.7 Å². The second-order valence-electron chi connectivity index (χ2n) is 16.3. The third-order valence-electron chi connectivity index (χ3n) is 8.40. The molecule has 0 aliphatic rings. The lowest BCUT2D eigenvalue weighted by molar-refractivity contribution is 0.0295. The highest BCUT2D eigenvalue weighted by atomic mass is 16.6. The third kappa shape index (κ3) is 29.0. The number of carbonyl (C=O) groups is 3. The number of amides is 3. The number of ether oxygens (including phenoxy) is 8. The maximum Gasteiger partial charge on any atom is 0.410 e. The predicted molar refractivity (Wildman–Crippen MR) is 232 cm³/mol. The fourth-order valence-corrected chi connectivity index (χ4v) is 5.36. The number of nitrogens with zero attached hydrogens (tertiary/aromatic N) is 1. The minimum Gasteiger partial charge on any atom is -0.491 e. The first-order chi connectivity index (χ1) is 28.7. The maximum atomic E-state index is 12.1. The van der Waals surface area contributed by atoms with E-state index in [1.807, 2.05) is 77.9 Å². The van der Waals surface area contributed by atoms with E-state index < -0.39 is 17.3 Å². The normalized spacial score (nSPS) is 11.4. The molecule has 0 aliphatic heterocycles. The van der Waals surface area contributed by atoms with E-state index in [-0.39, 0.29) is 25.4 Å². The topological polar surface area (TPSA) is 164 Å². The van der Waals surface area contributed by atoms with Gasteiger partial charge in [-0.2, -0.15) is 0 Å². The summed E-state index contributed by atoms with van der Waals surface area (Å²) in [6.07, 6.45) is 6.12. The zero-order valence-electron chi connectivity index (χ0n) is 37.4. The van der Waals surface area contributed by atoms with Crippen LogP contribution in [0.1, 0.15) is 91.2 Å². The summed E-state index contributed by atoms with van der Waals surface area (Å²) >= 11 is 0. The molecule has 0 atom stereocenters. The average Bonchev–Trinajstić information content (AvgIpc) is 3.18. The minimum atomic E-state index is -0.490. The van der Waals surface area contributed by atoms with Crippen LogP contribution in [0.25, 0.3) is 0 Å². The van der Waals surface area contributed by atoms with Gasteiger partial charge in [0.05, 0.1) is 39.8 Å². The van der Waals surface area contributed by atoms with E-state index in [2.05, 4.69) is 28.1 Å². The standard InChI is InChI=1S/C45H74N4O11/c1-44(2,3)59-42(51)48-25-10-8-14-37-16-20-39(21-17-37)56-33-30-53-28-29-55-36-46-24-11-12-26-47-41(50)58-35-32-54-31-34-57-40-22-18-38(19-23-40)15-9-13-27-49(7)43(52)60-45(4,5)6/h16-23,46H,8-15,24-36H2,1-7H3,(H,47,50)(H,48,51). The molecule has 15 heteroatoms. The van der Waals surface area contributed by atoms with Gasteiger partial charge in [-0.25, -0.2) is 14.4 Å². The van der Waals surface area contributed by atoms with E-state index >= 15 is 0 Å². The molecule has 0 heterocycles. The maximum absolute atomic E-state index is 12.1. The van der Waals surface area contributed by atoms with Gasteiger partial charge in [0.25, 0.3) is 0 Å². The molecule has 0 radical (unpaired) electrons. The van der Waals surface area contributed by atoms with E-state index in [9.17, 15) is 14.4 Å². The molecule has 0 bridgehead atoms. The molecule has 0 unspecified atom stereocenters. The predicted octanol–water partition coefficient (Wildman–Crippen LogP) is 7.28. The smallest absolute Gasteiger partial charge is 0.410 e. The molecule has 3 N–H and O–H groups in total. The van der Waals surface area contributed by atoms with Gasteiger partial charge in [-0.15, -0.1) is 0 Å². The van der Waals surface area contributed by atoms with Crippen LogP contribution < -0.4 is 25.4 Å². The Bertz CT molecular complexity index is 1430. The highest BCUT2D eigenvalue weighted by Crippen LogP contribution is 2.16. The first-order valence-electron chi connectivity index (χ1n) is 21.4. The summed E-state index contributed by atoms with van der Waals surface area (Å²) in [7, 11) is 1.76. The van der Waals surface area contributed by atoms with Crippen molar-refractivity contribution in [3.8, 4) is 11.5 Å². The summed E-state index contributed by atoms with van der Waals surface area (Å²) in [4.78, 5) is 37.3. The van der Waals surface area contributed by atoms with Gasteiger partial charge in [-0.3, -0.25) is 5.32 Å². The molecule has 15 nitrogen and oxygen atoms in total. The Labute approximate surface area is 358 Å². The number of alkyl carbamates (subject to hydrolysis) is 2. The highest BCUT2D eigenvalue weighted by Gasteiger charge is 2.19. The molecular formula is C45H74N4O11. The zero-order valence-corrected chi connectivity index (χ0v) is 37.4. The quantitative estimate of drug-likeness (QED) is 0.0395. The summed E-state index contributed by atoms with van der Waals surface area (Å²) in [6.45, 7) is 17.2. The van der Waals surface area contributed by atoms with Crippen LogP contribution >= 0.6 is 0 Å². The molecule has 2 aromatic rings. The second kappa shape index (κ2) is 30.7. The van der Waals surface area contributed by atoms with E-state index in [0.29, 0.717) is 66.0 Å². The van der Waals surface area contributed by atoms with Crippen molar-refractivity contribution in [2.75, 3.05) is 92.8 Å². The van der Waals surface area contributed by atoms with Crippen molar-refractivity contribution in [2.24, 2.45) is 0 Å². The Morgan fingerprint density at radius 2 is 1.00 bits per heavy atom. The van der Waals surface area contributed by atoms with Crippen molar-refractivity contribution in [2.45, 2.75) is 104 Å². The Morgan fingerprint density at radius 1 is 0.533 bits per heavy atom. The SMILES string of the molecule is CN(CCCCc1ccc(OCCOCCOC(=O)NCCCCNCOCCOCCOc2ccc(CCCCNC(=O)OC(C)(C)C)cc2)cc1)C(=O)OC(C)(C)C. The number of hydrogen-bond donors (Lipinski definition) is 3. The van der Waals surface area contributed by atoms with Gasteiger partial charge in [-0.1, -0.05) is 24.3 Å². The van der Waals surface area contributed by atoms with Crippen LogP contribution in [0.4, 0.5) is 14.4 Å². The molecule has 60 heavy (non-hydrogen) atoms. The molecule has 3 amide bonds. The number of rotatable bonds is 31. The van der Waals surface area contributed by atoms with E-state index in [0.717, 1.165) is 69.4 Å². The monoisotopic (exact) mass is 847 g/mol. The van der Waals surface area contributed by atoms with Crippen LogP contribution in [-0.2, 0) is 41.3 Å². The van der Waals surface area contributed by atoms with Gasteiger partial charge in [0.15, 0.2) is 0 Å². The molecule has 0 aliphatic carbocycles. The van der Waals surface area contributed by atoms with Crippen molar-refractivity contribution in [1.29, 1.82) is 0 Å². The molecule has 0 aromatic heterocycles. The summed E-state index contributed by atoms with van der Waals surface area (Å²) in [6, 6.07) is 16.0. The molecule has 2 aromatic carbocycles. The Hall–Kier alpha value is -4.31. The summed E-state index contributed by atoms with van der Waals surface area (Å²) < 4.78 is 43.9. The van der Waals surface area contributed by atoms with Gasteiger partial charge < -0.3 is 53.4 Å². The Balaban J connectivity index is 1.31. The summed E-state index contributed by atoms with van der Waals surface area (Å²) in [5.41, 5.74) is 1.46. The minimum absolute atomic E-state index is 0.165. The number of aryl methyl sites for hydroxylation is 2. The Kier molecular flexibility index (Phi) is 26.5. The molecule has 0 saturated heterocycles. The lowest BCUT2D eigenvalue weighted by Crippen LogP contribution is -2.34. The lowest BCUT2D eigenvalue weighted by Gasteiger charge is -2.24. The fraction of sp³-hybridized carbons (Fsp3) is 0.667. The van der Waals surface area contributed by atoms with Crippen LogP contribution in [-0.4, -0.2) is 127 Å². The summed E-state index contributed by atoms with van der Waals surface area (Å²) in [5, 5.41) is 8.75. The second-order valence-corrected chi connectivity index (χ2v) is 16.3. The van der Waals surface area contributed by atoms with Crippen LogP contribution in [0.2, 0.25) is 0 Å². The first-order valence-corrected chi connectivity index (χ1v) is 21.4. The van der Waals surface area contributed by atoms with Gasteiger partial charge in [0.1, 0.15) is 42.5 Å². The van der Waals surface area contributed by atoms with Gasteiger partial charge in [0.2, 0.25) is 0 Å². The van der Waals surface area contributed by atoms with Crippen molar-refractivity contribution in [3.63, 3.8) is 0 Å². The van der Waals surface area contributed by atoms with Crippen LogP contribution in [0.15, 0.2) is 48.5 Å². The molecule has 0 spiro atoms. The number of benzene rings is 2. The average molecular weight is 847 g/mol. The number of carbonyl (C=O) groups excluding carboxylic acids is 3. The van der Waals surface area contributed by atoms with Crippen molar-refractivity contribution in [1.82, 2.24) is 20.9 Å². The van der Waals surface area contributed by atoms with Crippen LogP contribution in [0.5, 0.6) is 11.5 Å². The largest absolute Gasteiger partial charge is 0.491 e. The van der Waals surface area contributed by atoms with Crippen molar-refractivity contribution >= 4 is 18.3 Å². The molecular weight excluding hydrogens is 773 g/mol. The van der Waals surface area contributed by atoms with E-state index in [1.54, 1.807) is 11.9 Å². The molecule has 340 valence electrons. The van der Waals surface area contributed by atoms with E-state index in [4.69, 9.17) is 37.9 Å². The first kappa shape index (κ1) is 51.8. The number of hydrogen-bond acceptors (Lipinski definition) is 12. The van der Waals surface area contributed by atoms with Crippen LogP contribution in [0.3, 0.4) is 0 Å². The lowest BCUT2D eigenvalue weighted by atomic mass is 10.1. The van der Waals surface area contributed by atoms with Crippen molar-refractivity contribution < 1.29 is 52.3 Å². The molecule has 0 fully saturated rings. The number of nitrogens with one attached hydrogen (secondary N) is 3. The van der Waals surface area contributed by atoms with Gasteiger partial charge in [-0.05, 0) is 135 Å². The summed E-state index contributed by atoms with van der Waals surface area (Å²) in [5.74, 6) is 1.57. The molecule has 0 saturated carbocycles. The van der Waals surface area contributed by atoms with E-state index in [1.165, 1.54) is 11.1 Å². The number of unbranched alkanes of at least 4 members (excludes halogenated alkanes) is 3. The van der Waals surface area contributed by atoms with Crippen molar-refractivity contribution in [3.05, 3.63) is 59.7 Å². The van der Waals surface area contributed by atoms with Crippen LogP contribution in [0, 0.1) is 0 Å². The Morgan fingerprint density at radius 3 is 1.57 bits per heavy atom. The van der Waals surface area contributed by atoms with Gasteiger partial charge >= 0.3 is 18.3 Å². The zero-order chi connectivity index (χ0) is 43.9. The molecule has 2 rings (SSSR count). The fourth-order valence-electron chi connectivity index (χ4n) is 5.36. The third-order valence-corrected chi connectivity index (χ3v) is 8.40. The highest BCUT2D eigenvalue weighted by molar-refractivity contribution is 5.68.